The molecule has 0 fully saturated rings. The Morgan fingerprint density at radius 2 is 0.824 bits per heavy atom. The molecule has 0 unspecified atom stereocenters. The van der Waals surface area contributed by atoms with Gasteiger partial charge < -0.3 is 19.1 Å². The molecule has 17 heteroatoms. The maximum Gasteiger partial charge on any atom is 0.250 e. The van der Waals surface area contributed by atoms with E-state index in [1.807, 2.05) is 44.2 Å². The fourth-order valence-corrected chi connectivity index (χ4v) is 20.2. The summed E-state index contributed by atoms with van der Waals surface area (Å²) in [5.74, 6) is -10.6. The van der Waals surface area contributed by atoms with Gasteiger partial charge in [-0.15, -0.1) is 0 Å². The van der Waals surface area contributed by atoms with Gasteiger partial charge in [0.05, 0.1) is 4.47 Å². The van der Waals surface area contributed by atoms with E-state index in [0.717, 1.165) is 184 Å². The molecule has 0 saturated carbocycles. The molecule has 0 heterocycles. The number of benzene rings is 6. The first kappa shape index (κ1) is 66.2. The molecule has 0 bridgehead atoms. The Kier molecular flexibility index (Phi) is 22.3. The van der Waals surface area contributed by atoms with Gasteiger partial charge in [-0.25, -0.2) is 13.2 Å². The van der Waals surface area contributed by atoms with Crippen LogP contribution in [-0.4, -0.2) is 31.2 Å². The molecular weight excluding hydrogens is 1280 g/mol. The molecule has 0 atom stereocenters. The second-order valence-corrected chi connectivity index (χ2v) is 35.5. The van der Waals surface area contributed by atoms with Crippen LogP contribution in [0.3, 0.4) is 0 Å². The van der Waals surface area contributed by atoms with Crippen LogP contribution in [0.4, 0.5) is 40.8 Å². The van der Waals surface area contributed by atoms with Crippen molar-refractivity contribution < 1.29 is 72.1 Å². The van der Waals surface area contributed by atoms with Crippen molar-refractivity contribution >= 4 is 42.7 Å². The van der Waals surface area contributed by atoms with Crippen molar-refractivity contribution in [2.75, 3.05) is 0 Å². The van der Waals surface area contributed by atoms with Gasteiger partial charge in [-0.1, -0.05) is 41.5 Å². The van der Waals surface area contributed by atoms with Crippen LogP contribution in [0.5, 0.6) is 23.0 Å². The molecule has 0 amide bonds. The number of phenolic OH excluding ortho intramolecular Hbond substituents is 2. The fourth-order valence-electron chi connectivity index (χ4n) is 12.9. The van der Waals surface area contributed by atoms with Crippen molar-refractivity contribution in [2.45, 2.75) is 200 Å². The monoisotopic (exact) mass is 1360 g/mol. The second kappa shape index (κ2) is 28.6. The van der Waals surface area contributed by atoms with E-state index in [1.54, 1.807) is 16.5 Å². The number of phenols is 2. The van der Waals surface area contributed by atoms with E-state index in [2.05, 4.69) is 67.0 Å². The van der Waals surface area contributed by atoms with Gasteiger partial charge in [-0.3, -0.25) is 0 Å². The molecule has 4 aliphatic carbocycles. The Morgan fingerprint density at radius 3 is 1.22 bits per heavy atom. The number of hydrogen-bond donors (Lipinski definition) is 2. The number of nitrogens with zero attached hydrogens (tertiary/aromatic N) is 1. The molecule has 6 aromatic carbocycles. The zero-order valence-electron chi connectivity index (χ0n) is 50.3. The molecule has 0 aliphatic heterocycles. The second-order valence-electron chi connectivity index (χ2n) is 23.7. The van der Waals surface area contributed by atoms with Gasteiger partial charge in [0.25, 0.3) is 16.6 Å². The Labute approximate surface area is 515 Å². The molecule has 6 aromatic rings. The summed E-state index contributed by atoms with van der Waals surface area (Å²) in [6.45, 7) is 16.7. The first-order chi connectivity index (χ1) is 40.6. The van der Waals surface area contributed by atoms with E-state index in [4.69, 9.17) is 8.85 Å². The largest absolute Gasteiger partial charge is 0.541 e. The molecular formula is C68H80BrF8MoNO4Si2. The number of aromatic hydroxyl groups is 2. The minimum Gasteiger partial charge on any atom is -0.541 e. The van der Waals surface area contributed by atoms with Gasteiger partial charge >= 0.3 is 138 Å². The van der Waals surface area contributed by atoms with Gasteiger partial charge in [-0.2, -0.15) is 0 Å². The molecule has 0 radical (unpaired) electrons. The van der Waals surface area contributed by atoms with E-state index >= 15 is 8.78 Å². The standard InChI is InChI=1S/C26H34BrFO2Si.C26H34F2O2Si.C10H12.C6F5N.Mo/c2*1-4-31(5-2,6-3)30-26-22(28)16-18-12-8-10-14-20(18)24(26)23-19-13-9-7-11-17(19)15-21(27)25(23)29;1-10(2,3)9-7-5-4-6-8-9;7-1-2(8)4(10)6(12)5(11)3(1)9;/h2*15-16,29H,4-14H2,1-3H3;1,4-8H,2-3H3;;. The number of rotatable bonds is 15. The van der Waals surface area contributed by atoms with E-state index in [-0.39, 0.29) is 28.9 Å². The summed E-state index contributed by atoms with van der Waals surface area (Å²) in [6, 6.07) is 21.8. The maximum absolute atomic E-state index is 15.7. The van der Waals surface area contributed by atoms with E-state index < -0.39 is 80.6 Å². The van der Waals surface area contributed by atoms with Crippen molar-refractivity contribution in [1.29, 1.82) is 0 Å². The topological polar surface area (TPSA) is 71.3 Å². The van der Waals surface area contributed by atoms with Crippen molar-refractivity contribution in [3.63, 3.8) is 0 Å². The molecule has 4 aliphatic rings. The van der Waals surface area contributed by atoms with Crippen LogP contribution >= 0.6 is 15.9 Å². The van der Waals surface area contributed by atoms with E-state index in [9.17, 15) is 36.6 Å². The first-order valence-corrected chi connectivity index (χ1v) is 38.5. The summed E-state index contributed by atoms with van der Waals surface area (Å²) >= 11 is 2.12. The smallest absolute Gasteiger partial charge is 0.250 e. The van der Waals surface area contributed by atoms with Gasteiger partial charge in [0, 0.05) is 22.3 Å². The maximum atomic E-state index is 15.7. The predicted molar refractivity (Wildman–Crippen MR) is 331 cm³/mol. The Balaban J connectivity index is 0.000000168. The van der Waals surface area contributed by atoms with Crippen molar-refractivity contribution in [3.05, 3.63) is 156 Å². The van der Waals surface area contributed by atoms with Crippen LogP contribution in [0.1, 0.15) is 157 Å². The van der Waals surface area contributed by atoms with Crippen LogP contribution in [0.25, 0.3) is 22.3 Å². The molecule has 10 rings (SSSR count). The summed E-state index contributed by atoms with van der Waals surface area (Å²) < 4.78 is 132. The van der Waals surface area contributed by atoms with Crippen LogP contribution in [0.2, 0.25) is 36.3 Å². The van der Waals surface area contributed by atoms with E-state index in [1.165, 1.54) is 22.8 Å². The summed E-state index contributed by atoms with van der Waals surface area (Å²) in [5.41, 5.74) is 10.9. The zero-order chi connectivity index (χ0) is 61.5. The van der Waals surface area contributed by atoms with Gasteiger partial charge in [0.2, 0.25) is 0 Å². The molecule has 0 aromatic heterocycles. The molecule has 2 N–H and O–H groups in total. The van der Waals surface area contributed by atoms with Crippen molar-refractivity contribution in [3.8, 4) is 45.3 Å². The molecule has 0 saturated heterocycles. The molecule has 5 nitrogen and oxygen atoms in total. The Morgan fingerprint density at radius 1 is 0.482 bits per heavy atom. The Hall–Kier alpha value is -4.77. The summed E-state index contributed by atoms with van der Waals surface area (Å²) in [6.07, 6.45) is 15.4. The van der Waals surface area contributed by atoms with Crippen molar-refractivity contribution in [2.24, 2.45) is 3.50 Å². The summed E-state index contributed by atoms with van der Waals surface area (Å²) in [4.78, 5) is 0. The SMILES string of the molecule is CC(C)([CH]=[Mo]=[N]c1c(F)c(F)c(F)c(F)c1F)c1ccccc1.CC[Si](CC)(CC)Oc1c(F)cc2c(c1-c1c(O)c(Br)cc3c1CCCC3)CCCC2.CC[Si](CC)(CC)Oc1c(F)cc2c(c1-c1c(O)c(F)cc3c1CCCC3)CCCC2. The third kappa shape index (κ3) is 13.9. The minimum atomic E-state index is -2.18. The number of aryl methyl sites for hydroxylation is 4. The average Bonchev–Trinajstić information content (AvgIpc) is 1.01. The molecule has 85 heavy (non-hydrogen) atoms. The first-order valence-electron chi connectivity index (χ1n) is 30.6. The molecule has 0 spiro atoms. The van der Waals surface area contributed by atoms with Gasteiger partial charge in [0.1, 0.15) is 17.2 Å². The Bertz CT molecular complexity index is 3290. The van der Waals surface area contributed by atoms with Crippen LogP contribution < -0.4 is 8.85 Å². The quantitative estimate of drug-likeness (QED) is 0.0465. The average molecular weight is 1360 g/mol. The number of fused-ring (bicyclic) bond motifs is 4. The third-order valence-corrected chi connectivity index (χ3v) is 30.5. The summed E-state index contributed by atoms with van der Waals surface area (Å²) in [5, 5.41) is 22.2. The normalized spacial score (nSPS) is 14.7. The summed E-state index contributed by atoms with van der Waals surface area (Å²) in [7, 11) is -4.28. The van der Waals surface area contributed by atoms with Gasteiger partial charge in [0.15, 0.2) is 23.2 Å². The van der Waals surface area contributed by atoms with Crippen LogP contribution in [0, 0.1) is 46.5 Å². The minimum absolute atomic E-state index is 0.237. The third-order valence-electron chi connectivity index (χ3n) is 18.5. The van der Waals surface area contributed by atoms with Gasteiger partial charge in [-0.05, 0) is 224 Å². The van der Waals surface area contributed by atoms with Crippen molar-refractivity contribution in [1.82, 2.24) is 0 Å². The predicted octanol–water partition coefficient (Wildman–Crippen LogP) is 20.6. The molecule has 458 valence electrons. The number of hydrogen-bond acceptors (Lipinski definition) is 5. The fraction of sp³-hybridized carbons (Fsp3) is 0.456. The van der Waals surface area contributed by atoms with E-state index in [0.29, 0.717) is 21.3 Å². The number of halogens is 9. The van der Waals surface area contributed by atoms with Crippen LogP contribution in [0.15, 0.2) is 62.6 Å². The van der Waals surface area contributed by atoms with Crippen LogP contribution in [-0.2, 0) is 74.7 Å². The zero-order valence-corrected chi connectivity index (χ0v) is 55.9.